The number of methoxy groups -OCH3 is 1. The average Bonchev–Trinajstić information content (AvgIpc) is 3.16. The minimum absolute atomic E-state index is 0.199. The van der Waals surface area contributed by atoms with E-state index in [4.69, 9.17) is 14.5 Å². The van der Waals surface area contributed by atoms with Gasteiger partial charge in [-0.05, 0) is 41.5 Å². The first-order valence-electron chi connectivity index (χ1n) is 12.4. The van der Waals surface area contributed by atoms with Crippen molar-refractivity contribution in [3.63, 3.8) is 0 Å². The summed E-state index contributed by atoms with van der Waals surface area (Å²) in [5, 5.41) is 3.24. The number of benzene rings is 1. The van der Waals surface area contributed by atoms with Gasteiger partial charge in [0.15, 0.2) is 11.5 Å². The highest BCUT2D eigenvalue weighted by atomic mass is 19.1. The molecule has 0 radical (unpaired) electrons. The zero-order valence-corrected chi connectivity index (χ0v) is 20.8. The molecule has 2 aliphatic rings. The fourth-order valence-electron chi connectivity index (χ4n) is 4.40. The topological polar surface area (TPSA) is 81.5 Å². The number of hydrogen-bond acceptors (Lipinski definition) is 7. The number of rotatable bonds is 8. The van der Waals surface area contributed by atoms with Crippen molar-refractivity contribution in [2.24, 2.45) is 0 Å². The van der Waals surface area contributed by atoms with Gasteiger partial charge in [-0.1, -0.05) is 30.4 Å². The van der Waals surface area contributed by atoms with Gasteiger partial charge in [0.25, 0.3) is 5.56 Å². The Morgan fingerprint density at radius 1 is 1.11 bits per heavy atom. The lowest BCUT2D eigenvalue weighted by molar-refractivity contribution is 0.0398. The fraction of sp³-hybridized carbons (Fsp3) is 0.321. The van der Waals surface area contributed by atoms with Crippen molar-refractivity contribution in [1.29, 1.82) is 0 Å². The summed E-state index contributed by atoms with van der Waals surface area (Å²) in [4.78, 5) is 25.4. The number of halogens is 1. The van der Waals surface area contributed by atoms with Gasteiger partial charge in [-0.2, -0.15) is 0 Å². The number of hydrogen-bond donors (Lipinski definition) is 1. The second kappa shape index (κ2) is 11.5. The van der Waals surface area contributed by atoms with E-state index >= 15 is 0 Å². The molecule has 0 amide bonds. The number of aromatic nitrogens is 3. The summed E-state index contributed by atoms with van der Waals surface area (Å²) < 4.78 is 26.1. The third kappa shape index (κ3) is 5.95. The van der Waals surface area contributed by atoms with Crippen LogP contribution in [0.5, 0.6) is 5.75 Å². The zero-order valence-electron chi connectivity index (χ0n) is 20.8. The van der Waals surface area contributed by atoms with E-state index in [2.05, 4.69) is 15.2 Å². The SMILES string of the molecule is COc1ccc(Cn2c(=O)c(NCCN3CCOCC3)nc3ccc(C4=CCC(F)=CC=C4)nc32)cc1. The van der Waals surface area contributed by atoms with Gasteiger partial charge in [-0.3, -0.25) is 14.3 Å². The van der Waals surface area contributed by atoms with E-state index in [1.807, 2.05) is 42.5 Å². The van der Waals surface area contributed by atoms with Crippen molar-refractivity contribution < 1.29 is 13.9 Å². The quantitative estimate of drug-likeness (QED) is 0.501. The maximum absolute atomic E-state index is 13.7. The molecule has 1 aliphatic heterocycles. The first kappa shape index (κ1) is 24.9. The number of anilines is 1. The molecule has 1 aliphatic carbocycles. The van der Waals surface area contributed by atoms with E-state index in [0.717, 1.165) is 49.7 Å². The van der Waals surface area contributed by atoms with Crippen molar-refractivity contribution in [2.45, 2.75) is 13.0 Å². The van der Waals surface area contributed by atoms with Crippen LogP contribution >= 0.6 is 0 Å². The monoisotopic (exact) mass is 503 g/mol. The number of nitrogens with zero attached hydrogens (tertiary/aromatic N) is 4. The van der Waals surface area contributed by atoms with E-state index in [9.17, 15) is 9.18 Å². The summed E-state index contributed by atoms with van der Waals surface area (Å²) in [6.45, 7) is 4.93. The molecule has 1 saturated heterocycles. The molecule has 0 unspecified atom stereocenters. The Hall–Kier alpha value is -3.82. The van der Waals surface area contributed by atoms with E-state index in [-0.39, 0.29) is 17.8 Å². The summed E-state index contributed by atoms with van der Waals surface area (Å²) in [6, 6.07) is 11.3. The summed E-state index contributed by atoms with van der Waals surface area (Å²) in [7, 11) is 1.62. The predicted molar refractivity (Wildman–Crippen MR) is 143 cm³/mol. The van der Waals surface area contributed by atoms with Gasteiger partial charge in [0, 0.05) is 32.6 Å². The van der Waals surface area contributed by atoms with Gasteiger partial charge in [0.1, 0.15) is 17.1 Å². The van der Waals surface area contributed by atoms with Gasteiger partial charge in [-0.25, -0.2) is 14.4 Å². The van der Waals surface area contributed by atoms with Gasteiger partial charge in [-0.15, -0.1) is 0 Å². The molecule has 1 fully saturated rings. The number of ether oxygens (including phenoxy) is 2. The van der Waals surface area contributed by atoms with Crippen LogP contribution in [0.2, 0.25) is 0 Å². The lowest BCUT2D eigenvalue weighted by Crippen LogP contribution is -2.39. The first-order chi connectivity index (χ1) is 18.1. The number of allylic oxidation sites excluding steroid dienone is 6. The molecular formula is C28H30FN5O3. The molecule has 0 atom stereocenters. The highest BCUT2D eigenvalue weighted by molar-refractivity contribution is 5.79. The third-order valence-electron chi connectivity index (χ3n) is 6.48. The van der Waals surface area contributed by atoms with Crippen LogP contribution in [0.3, 0.4) is 0 Å². The highest BCUT2D eigenvalue weighted by Gasteiger charge is 2.16. The summed E-state index contributed by atoms with van der Waals surface area (Å²) in [5.41, 5.74) is 3.22. The Morgan fingerprint density at radius 3 is 2.70 bits per heavy atom. The molecule has 192 valence electrons. The lowest BCUT2D eigenvalue weighted by Gasteiger charge is -2.26. The van der Waals surface area contributed by atoms with Gasteiger partial charge in [0.05, 0.1) is 32.6 Å². The van der Waals surface area contributed by atoms with E-state index < -0.39 is 0 Å². The van der Waals surface area contributed by atoms with Crippen LogP contribution in [-0.2, 0) is 11.3 Å². The van der Waals surface area contributed by atoms with Gasteiger partial charge < -0.3 is 14.8 Å². The number of fused-ring (bicyclic) bond motifs is 1. The lowest BCUT2D eigenvalue weighted by atomic mass is 10.1. The minimum Gasteiger partial charge on any atom is -0.497 e. The molecule has 8 nitrogen and oxygen atoms in total. The predicted octanol–water partition coefficient (Wildman–Crippen LogP) is 3.79. The second-order valence-corrected chi connectivity index (χ2v) is 8.96. The van der Waals surface area contributed by atoms with Crippen molar-refractivity contribution >= 4 is 22.6 Å². The van der Waals surface area contributed by atoms with E-state index in [0.29, 0.717) is 35.8 Å². The van der Waals surface area contributed by atoms with Crippen molar-refractivity contribution in [2.75, 3.05) is 51.8 Å². The number of nitrogens with one attached hydrogen (secondary N) is 1. The van der Waals surface area contributed by atoms with Crippen molar-refractivity contribution in [1.82, 2.24) is 19.4 Å². The molecule has 0 bridgehead atoms. The Morgan fingerprint density at radius 2 is 1.92 bits per heavy atom. The van der Waals surface area contributed by atoms with Crippen LogP contribution in [0.4, 0.5) is 10.2 Å². The van der Waals surface area contributed by atoms with Crippen LogP contribution in [0, 0.1) is 0 Å². The van der Waals surface area contributed by atoms with E-state index in [1.54, 1.807) is 23.8 Å². The first-order valence-corrected chi connectivity index (χ1v) is 12.4. The van der Waals surface area contributed by atoms with Crippen LogP contribution in [-0.4, -0.2) is 65.9 Å². The molecule has 37 heavy (non-hydrogen) atoms. The number of morpholine rings is 1. The van der Waals surface area contributed by atoms with Gasteiger partial charge in [0.2, 0.25) is 0 Å². The Labute approximate surface area is 214 Å². The maximum atomic E-state index is 13.7. The van der Waals surface area contributed by atoms with Crippen LogP contribution in [0.1, 0.15) is 17.7 Å². The smallest absolute Gasteiger partial charge is 0.295 e. The normalized spacial score (nSPS) is 16.3. The molecular weight excluding hydrogens is 473 g/mol. The standard InChI is InChI=1S/C28H30FN5O3/c1-36-23-9-5-20(6-10-23)19-34-27-25(12-11-24(32-27)21-3-2-4-22(29)8-7-21)31-26(28(34)35)30-13-14-33-15-17-37-18-16-33/h2-7,9-12H,8,13-19H2,1H3,(H,30,31). The van der Waals surface area contributed by atoms with Gasteiger partial charge >= 0.3 is 0 Å². The molecule has 0 spiro atoms. The van der Waals surface area contributed by atoms with Crippen LogP contribution < -0.4 is 15.6 Å². The summed E-state index contributed by atoms with van der Waals surface area (Å²) in [6.07, 6.45) is 6.93. The highest BCUT2D eigenvalue weighted by Crippen LogP contribution is 2.23. The molecule has 0 saturated carbocycles. The van der Waals surface area contributed by atoms with E-state index in [1.165, 1.54) is 6.08 Å². The van der Waals surface area contributed by atoms with Crippen molar-refractivity contribution in [3.8, 4) is 5.75 Å². The Kier molecular flexibility index (Phi) is 7.72. The molecule has 2 aromatic heterocycles. The third-order valence-corrected chi connectivity index (χ3v) is 6.48. The Bertz CT molecular complexity index is 1410. The summed E-state index contributed by atoms with van der Waals surface area (Å²) in [5.74, 6) is 0.830. The molecule has 3 heterocycles. The molecule has 3 aromatic rings. The molecule has 1 aromatic carbocycles. The Balaban J connectivity index is 1.49. The van der Waals surface area contributed by atoms with Crippen LogP contribution in [0.15, 0.2) is 71.3 Å². The summed E-state index contributed by atoms with van der Waals surface area (Å²) >= 11 is 0. The van der Waals surface area contributed by atoms with Crippen molar-refractivity contribution in [3.05, 3.63) is 88.1 Å². The molecule has 9 heteroatoms. The average molecular weight is 504 g/mol. The zero-order chi connectivity index (χ0) is 25.6. The number of pyridine rings is 1. The largest absolute Gasteiger partial charge is 0.497 e. The molecule has 5 rings (SSSR count). The fourth-order valence-corrected chi connectivity index (χ4v) is 4.40. The molecule has 1 N–H and O–H groups in total. The maximum Gasteiger partial charge on any atom is 0.295 e. The second-order valence-electron chi connectivity index (χ2n) is 8.96. The minimum atomic E-state index is -0.243. The van der Waals surface area contributed by atoms with Crippen LogP contribution in [0.25, 0.3) is 16.7 Å².